The number of aryl methyl sites for hydroxylation is 1. The van der Waals surface area contributed by atoms with Crippen molar-refractivity contribution in [3.63, 3.8) is 0 Å². The fourth-order valence-electron chi connectivity index (χ4n) is 2.22. The molecule has 1 atom stereocenters. The lowest BCUT2D eigenvalue weighted by molar-refractivity contribution is 0.581. The Morgan fingerprint density at radius 2 is 1.81 bits per heavy atom. The minimum absolute atomic E-state index is 0.694. The van der Waals surface area contributed by atoms with Crippen LogP contribution in [0.15, 0.2) is 24.3 Å². The first-order valence-electron chi connectivity index (χ1n) is 6.60. The van der Waals surface area contributed by atoms with Crippen LogP contribution < -0.4 is 5.73 Å². The summed E-state index contributed by atoms with van der Waals surface area (Å²) in [4.78, 5) is 0. The quantitative estimate of drug-likeness (QED) is 0.740. The number of rotatable bonds is 7. The van der Waals surface area contributed by atoms with E-state index in [0.717, 1.165) is 13.0 Å². The maximum atomic E-state index is 5.57. The second-order valence-electron chi connectivity index (χ2n) is 4.53. The van der Waals surface area contributed by atoms with Gasteiger partial charge in [-0.1, -0.05) is 44.5 Å². The van der Waals surface area contributed by atoms with E-state index in [1.807, 2.05) is 0 Å². The van der Waals surface area contributed by atoms with E-state index < -0.39 is 0 Å². The molecule has 0 saturated heterocycles. The second kappa shape index (κ2) is 7.45. The van der Waals surface area contributed by atoms with Crippen molar-refractivity contribution in [2.45, 2.75) is 51.9 Å². The summed E-state index contributed by atoms with van der Waals surface area (Å²) in [5.41, 5.74) is 8.51. The van der Waals surface area contributed by atoms with Gasteiger partial charge in [-0.3, -0.25) is 0 Å². The predicted octanol–water partition coefficient (Wildman–Crippen LogP) is 3.87. The highest BCUT2D eigenvalue weighted by Crippen LogP contribution is 2.24. The summed E-state index contributed by atoms with van der Waals surface area (Å²) in [7, 11) is 0. The topological polar surface area (TPSA) is 26.0 Å². The van der Waals surface area contributed by atoms with Crippen molar-refractivity contribution in [2.24, 2.45) is 5.73 Å². The molecule has 0 spiro atoms. The van der Waals surface area contributed by atoms with Gasteiger partial charge in [-0.2, -0.15) is 0 Å². The zero-order valence-electron chi connectivity index (χ0n) is 10.7. The molecule has 1 heteroatoms. The standard InChI is InChI=1S/C15H25N/c1-3-6-13-8-10-15(11-9-13)14(4-2)7-5-12-16/h8-11,14H,3-7,12,16H2,1-2H3. The fraction of sp³-hybridized carbons (Fsp3) is 0.600. The van der Waals surface area contributed by atoms with E-state index in [-0.39, 0.29) is 0 Å². The molecule has 0 heterocycles. The molecule has 0 fully saturated rings. The zero-order valence-corrected chi connectivity index (χ0v) is 10.7. The van der Waals surface area contributed by atoms with E-state index in [9.17, 15) is 0 Å². The molecule has 0 aromatic heterocycles. The highest BCUT2D eigenvalue weighted by atomic mass is 14.5. The summed E-state index contributed by atoms with van der Waals surface area (Å²) in [6.07, 6.45) is 5.99. The van der Waals surface area contributed by atoms with Gasteiger partial charge < -0.3 is 5.73 Å². The lowest BCUT2D eigenvalue weighted by atomic mass is 9.91. The van der Waals surface area contributed by atoms with Crippen molar-refractivity contribution in [3.8, 4) is 0 Å². The molecule has 2 N–H and O–H groups in total. The molecule has 0 bridgehead atoms. The minimum atomic E-state index is 0.694. The number of benzene rings is 1. The van der Waals surface area contributed by atoms with Gasteiger partial charge in [-0.15, -0.1) is 0 Å². The van der Waals surface area contributed by atoms with Crippen LogP contribution in [0.2, 0.25) is 0 Å². The normalized spacial score (nSPS) is 12.7. The van der Waals surface area contributed by atoms with Crippen LogP contribution in [0.3, 0.4) is 0 Å². The van der Waals surface area contributed by atoms with Gasteiger partial charge in [0.05, 0.1) is 0 Å². The number of hydrogen-bond donors (Lipinski definition) is 1. The molecule has 0 aliphatic carbocycles. The van der Waals surface area contributed by atoms with Crippen LogP contribution >= 0.6 is 0 Å². The van der Waals surface area contributed by atoms with Crippen LogP contribution in [0.25, 0.3) is 0 Å². The third kappa shape index (κ3) is 3.97. The summed E-state index contributed by atoms with van der Waals surface area (Å²) in [6, 6.07) is 9.17. The summed E-state index contributed by atoms with van der Waals surface area (Å²) in [5.74, 6) is 0.694. The zero-order chi connectivity index (χ0) is 11.8. The first kappa shape index (κ1) is 13.2. The Morgan fingerprint density at radius 1 is 1.12 bits per heavy atom. The molecule has 16 heavy (non-hydrogen) atoms. The predicted molar refractivity (Wildman–Crippen MR) is 71.8 cm³/mol. The molecule has 0 aliphatic rings. The van der Waals surface area contributed by atoms with E-state index >= 15 is 0 Å². The van der Waals surface area contributed by atoms with Crippen molar-refractivity contribution in [1.82, 2.24) is 0 Å². The van der Waals surface area contributed by atoms with Crippen LogP contribution in [0.1, 0.15) is 56.6 Å². The van der Waals surface area contributed by atoms with Crippen LogP contribution in [0, 0.1) is 0 Å². The lowest BCUT2D eigenvalue weighted by Gasteiger charge is -2.15. The molecule has 90 valence electrons. The van der Waals surface area contributed by atoms with Crippen LogP contribution in [-0.2, 0) is 6.42 Å². The fourth-order valence-corrected chi connectivity index (χ4v) is 2.22. The van der Waals surface area contributed by atoms with Gasteiger partial charge in [0.2, 0.25) is 0 Å². The van der Waals surface area contributed by atoms with Crippen molar-refractivity contribution in [1.29, 1.82) is 0 Å². The largest absolute Gasteiger partial charge is 0.330 e. The lowest BCUT2D eigenvalue weighted by Crippen LogP contribution is -2.03. The van der Waals surface area contributed by atoms with Gasteiger partial charge in [0.1, 0.15) is 0 Å². The van der Waals surface area contributed by atoms with Crippen LogP contribution in [-0.4, -0.2) is 6.54 Å². The Labute approximate surface area is 100 Å². The first-order valence-corrected chi connectivity index (χ1v) is 6.60. The Kier molecular flexibility index (Phi) is 6.17. The summed E-state index contributed by atoms with van der Waals surface area (Å²) in [6.45, 7) is 5.30. The SMILES string of the molecule is CCCc1ccc(C(CC)CCCN)cc1. The van der Waals surface area contributed by atoms with Gasteiger partial charge in [0.15, 0.2) is 0 Å². The Balaban J connectivity index is 2.62. The third-order valence-electron chi connectivity index (χ3n) is 3.24. The van der Waals surface area contributed by atoms with Crippen molar-refractivity contribution in [2.75, 3.05) is 6.54 Å². The first-order chi connectivity index (χ1) is 7.81. The Morgan fingerprint density at radius 3 is 2.31 bits per heavy atom. The summed E-state index contributed by atoms with van der Waals surface area (Å²) >= 11 is 0. The average molecular weight is 219 g/mol. The average Bonchev–Trinajstić information content (AvgIpc) is 2.32. The molecule has 1 aromatic carbocycles. The molecule has 0 saturated carbocycles. The molecule has 0 amide bonds. The van der Waals surface area contributed by atoms with E-state index in [1.165, 1.54) is 36.8 Å². The molecular formula is C15H25N. The minimum Gasteiger partial charge on any atom is -0.330 e. The number of nitrogens with two attached hydrogens (primary N) is 1. The maximum Gasteiger partial charge on any atom is -0.00771 e. The Hall–Kier alpha value is -0.820. The molecule has 1 nitrogen and oxygen atoms in total. The van der Waals surface area contributed by atoms with E-state index in [4.69, 9.17) is 5.73 Å². The molecule has 1 rings (SSSR count). The van der Waals surface area contributed by atoms with E-state index in [0.29, 0.717) is 5.92 Å². The smallest absolute Gasteiger partial charge is 0.00771 e. The maximum absolute atomic E-state index is 5.57. The Bertz CT molecular complexity index is 276. The highest BCUT2D eigenvalue weighted by molar-refractivity contribution is 5.25. The van der Waals surface area contributed by atoms with Crippen LogP contribution in [0.4, 0.5) is 0 Å². The summed E-state index contributed by atoms with van der Waals surface area (Å²) < 4.78 is 0. The monoisotopic (exact) mass is 219 g/mol. The molecule has 0 radical (unpaired) electrons. The van der Waals surface area contributed by atoms with E-state index in [1.54, 1.807) is 0 Å². The third-order valence-corrected chi connectivity index (χ3v) is 3.24. The summed E-state index contributed by atoms with van der Waals surface area (Å²) in [5, 5.41) is 0. The van der Waals surface area contributed by atoms with Gasteiger partial charge in [0.25, 0.3) is 0 Å². The van der Waals surface area contributed by atoms with Crippen molar-refractivity contribution in [3.05, 3.63) is 35.4 Å². The van der Waals surface area contributed by atoms with Gasteiger partial charge in [-0.05, 0) is 49.3 Å². The van der Waals surface area contributed by atoms with Gasteiger partial charge in [-0.25, -0.2) is 0 Å². The van der Waals surface area contributed by atoms with E-state index in [2.05, 4.69) is 38.1 Å². The molecule has 1 aromatic rings. The van der Waals surface area contributed by atoms with Gasteiger partial charge in [0, 0.05) is 0 Å². The number of hydrogen-bond acceptors (Lipinski definition) is 1. The molecular weight excluding hydrogens is 194 g/mol. The van der Waals surface area contributed by atoms with Crippen molar-refractivity contribution < 1.29 is 0 Å². The van der Waals surface area contributed by atoms with Crippen molar-refractivity contribution >= 4 is 0 Å². The second-order valence-corrected chi connectivity index (χ2v) is 4.53. The van der Waals surface area contributed by atoms with Crippen LogP contribution in [0.5, 0.6) is 0 Å². The van der Waals surface area contributed by atoms with Gasteiger partial charge >= 0.3 is 0 Å². The molecule has 0 aliphatic heterocycles. The molecule has 1 unspecified atom stereocenters. The highest BCUT2D eigenvalue weighted by Gasteiger charge is 2.08.